The lowest BCUT2D eigenvalue weighted by atomic mass is 10.1. The van der Waals surface area contributed by atoms with Crippen molar-refractivity contribution in [2.75, 3.05) is 31.7 Å². The fraction of sp³-hybridized carbons (Fsp3) is 0.333. The Balaban J connectivity index is 2.61. The molecular weight excluding hydrogens is 232 g/mol. The largest absolute Gasteiger partial charge is 0.398 e. The van der Waals surface area contributed by atoms with Gasteiger partial charge >= 0.3 is 0 Å². The molecule has 1 rings (SSSR count). The molecule has 0 unspecified atom stereocenters. The Kier molecular flexibility index (Phi) is 4.53. The van der Waals surface area contributed by atoms with Crippen molar-refractivity contribution in [1.82, 2.24) is 4.90 Å². The van der Waals surface area contributed by atoms with Crippen LogP contribution in [0.15, 0.2) is 18.2 Å². The fourth-order valence-electron chi connectivity index (χ4n) is 1.42. The van der Waals surface area contributed by atoms with Crippen molar-refractivity contribution in [2.24, 2.45) is 5.73 Å². The second kappa shape index (κ2) is 5.90. The number of primary amides is 1. The average molecular weight is 250 g/mol. The second-order valence-corrected chi connectivity index (χ2v) is 4.13. The molecule has 1 aromatic rings. The predicted molar refractivity (Wildman–Crippen MR) is 71.2 cm³/mol. The maximum Gasteiger partial charge on any atom is 0.250 e. The molecule has 0 aromatic heterocycles. The SMILES string of the molecule is CN(C)C(=O)CCNc1ccc(N)c(C(N)=O)c1. The van der Waals surface area contributed by atoms with Crippen molar-refractivity contribution >= 4 is 23.2 Å². The van der Waals surface area contributed by atoms with E-state index in [0.717, 1.165) is 0 Å². The summed E-state index contributed by atoms with van der Waals surface area (Å²) in [7, 11) is 3.41. The summed E-state index contributed by atoms with van der Waals surface area (Å²) in [6.07, 6.45) is 0.378. The molecule has 2 amide bonds. The molecule has 0 fully saturated rings. The summed E-state index contributed by atoms with van der Waals surface area (Å²) in [5.41, 5.74) is 12.1. The first kappa shape index (κ1) is 13.8. The maximum absolute atomic E-state index is 11.4. The molecule has 18 heavy (non-hydrogen) atoms. The lowest BCUT2D eigenvalue weighted by molar-refractivity contribution is -0.128. The van der Waals surface area contributed by atoms with Gasteiger partial charge in [0.25, 0.3) is 5.91 Å². The van der Waals surface area contributed by atoms with Gasteiger partial charge in [0.2, 0.25) is 5.91 Å². The summed E-state index contributed by atoms with van der Waals surface area (Å²) in [6, 6.07) is 4.93. The van der Waals surface area contributed by atoms with Crippen LogP contribution in [0.1, 0.15) is 16.8 Å². The Morgan fingerprint density at radius 2 is 2.00 bits per heavy atom. The van der Waals surface area contributed by atoms with E-state index < -0.39 is 5.91 Å². The number of rotatable bonds is 5. The summed E-state index contributed by atoms with van der Waals surface area (Å²) < 4.78 is 0. The Morgan fingerprint density at radius 1 is 1.33 bits per heavy atom. The average Bonchev–Trinajstić information content (AvgIpc) is 2.30. The Labute approximate surface area is 106 Å². The second-order valence-electron chi connectivity index (χ2n) is 4.13. The number of benzene rings is 1. The maximum atomic E-state index is 11.4. The summed E-state index contributed by atoms with van der Waals surface area (Å²) in [5.74, 6) is -0.534. The number of hydrogen-bond donors (Lipinski definition) is 3. The van der Waals surface area contributed by atoms with Crippen molar-refractivity contribution < 1.29 is 9.59 Å². The number of nitrogens with one attached hydrogen (secondary N) is 1. The number of nitrogen functional groups attached to an aromatic ring is 1. The molecular formula is C12H18N4O2. The molecule has 0 atom stereocenters. The summed E-state index contributed by atoms with van der Waals surface area (Å²) in [4.78, 5) is 24.0. The molecule has 1 aromatic carbocycles. The minimum Gasteiger partial charge on any atom is -0.398 e. The van der Waals surface area contributed by atoms with E-state index >= 15 is 0 Å². The molecule has 6 nitrogen and oxygen atoms in total. The molecule has 5 N–H and O–H groups in total. The zero-order valence-corrected chi connectivity index (χ0v) is 10.6. The molecule has 0 aliphatic rings. The van der Waals surface area contributed by atoms with E-state index in [4.69, 9.17) is 11.5 Å². The third-order valence-corrected chi connectivity index (χ3v) is 2.49. The van der Waals surface area contributed by atoms with Crippen LogP contribution in [0.5, 0.6) is 0 Å². The van der Waals surface area contributed by atoms with E-state index in [2.05, 4.69) is 5.32 Å². The number of nitrogens with zero attached hydrogens (tertiary/aromatic N) is 1. The zero-order chi connectivity index (χ0) is 13.7. The topological polar surface area (TPSA) is 101 Å². The Hall–Kier alpha value is -2.24. The smallest absolute Gasteiger partial charge is 0.250 e. The van der Waals surface area contributed by atoms with E-state index in [1.165, 1.54) is 4.90 Å². The van der Waals surface area contributed by atoms with Crippen LogP contribution in [0.3, 0.4) is 0 Å². The highest BCUT2D eigenvalue weighted by Crippen LogP contribution is 2.17. The van der Waals surface area contributed by atoms with Crippen molar-refractivity contribution in [3.05, 3.63) is 23.8 Å². The summed E-state index contributed by atoms with van der Waals surface area (Å²) >= 11 is 0. The highest BCUT2D eigenvalue weighted by molar-refractivity contribution is 5.98. The summed E-state index contributed by atoms with van der Waals surface area (Å²) in [6.45, 7) is 0.485. The summed E-state index contributed by atoms with van der Waals surface area (Å²) in [5, 5.41) is 3.04. The number of carbonyl (C=O) groups is 2. The van der Waals surface area contributed by atoms with Gasteiger partial charge in [-0.25, -0.2) is 0 Å². The first-order valence-corrected chi connectivity index (χ1v) is 5.55. The number of carbonyl (C=O) groups excluding carboxylic acids is 2. The first-order valence-electron chi connectivity index (χ1n) is 5.55. The first-order chi connectivity index (χ1) is 8.41. The van der Waals surface area contributed by atoms with Crippen molar-refractivity contribution in [3.8, 4) is 0 Å². The Bertz CT molecular complexity index is 457. The normalized spacial score (nSPS) is 9.89. The molecule has 0 saturated carbocycles. The molecule has 0 saturated heterocycles. The van der Waals surface area contributed by atoms with Crippen molar-refractivity contribution in [3.63, 3.8) is 0 Å². The van der Waals surface area contributed by atoms with E-state index in [1.807, 2.05) is 0 Å². The quantitative estimate of drug-likeness (QED) is 0.652. The van der Waals surface area contributed by atoms with Crippen molar-refractivity contribution in [2.45, 2.75) is 6.42 Å². The number of nitrogens with two attached hydrogens (primary N) is 2. The highest BCUT2D eigenvalue weighted by Gasteiger charge is 2.07. The van der Waals surface area contributed by atoms with Crippen LogP contribution < -0.4 is 16.8 Å². The molecule has 0 bridgehead atoms. The van der Waals surface area contributed by atoms with E-state index in [0.29, 0.717) is 24.3 Å². The van der Waals surface area contributed by atoms with Crippen molar-refractivity contribution in [1.29, 1.82) is 0 Å². The standard InChI is InChI=1S/C12H18N4O2/c1-16(2)11(17)5-6-15-8-3-4-10(13)9(7-8)12(14)18/h3-4,7,15H,5-6,13H2,1-2H3,(H2,14,18). The molecule has 0 aliphatic heterocycles. The monoisotopic (exact) mass is 250 g/mol. The highest BCUT2D eigenvalue weighted by atomic mass is 16.2. The van der Waals surface area contributed by atoms with Gasteiger partial charge in [-0.2, -0.15) is 0 Å². The van der Waals surface area contributed by atoms with Gasteiger partial charge in [-0.3, -0.25) is 9.59 Å². The number of hydrogen-bond acceptors (Lipinski definition) is 4. The molecule has 98 valence electrons. The van der Waals surface area contributed by atoms with Gasteiger partial charge in [-0.15, -0.1) is 0 Å². The third-order valence-electron chi connectivity index (χ3n) is 2.49. The number of anilines is 2. The van der Waals surface area contributed by atoms with Gasteiger partial charge in [0.05, 0.1) is 5.56 Å². The molecule has 0 spiro atoms. The van der Waals surface area contributed by atoms with Crippen LogP contribution in [0.2, 0.25) is 0 Å². The van der Waals surface area contributed by atoms with Crippen LogP contribution in [0.4, 0.5) is 11.4 Å². The number of amides is 2. The van der Waals surface area contributed by atoms with Gasteiger partial charge in [0.1, 0.15) is 0 Å². The predicted octanol–water partition coefficient (Wildman–Crippen LogP) is 0.258. The van der Waals surface area contributed by atoms with Crippen LogP contribution in [0, 0.1) is 0 Å². The van der Waals surface area contributed by atoms with Gasteiger partial charge in [0.15, 0.2) is 0 Å². The van der Waals surface area contributed by atoms with Crippen LogP contribution >= 0.6 is 0 Å². The molecule has 0 radical (unpaired) electrons. The minimum atomic E-state index is -0.569. The van der Waals surface area contributed by atoms with E-state index in [-0.39, 0.29) is 11.5 Å². The van der Waals surface area contributed by atoms with Crippen LogP contribution in [0.25, 0.3) is 0 Å². The van der Waals surface area contributed by atoms with Gasteiger partial charge in [-0.1, -0.05) is 0 Å². The van der Waals surface area contributed by atoms with Gasteiger partial charge in [-0.05, 0) is 18.2 Å². The zero-order valence-electron chi connectivity index (χ0n) is 10.6. The molecule has 0 aliphatic carbocycles. The van der Waals surface area contributed by atoms with Crippen LogP contribution in [-0.2, 0) is 4.79 Å². The van der Waals surface area contributed by atoms with Gasteiger partial charge < -0.3 is 21.7 Å². The lowest BCUT2D eigenvalue weighted by Crippen LogP contribution is -2.24. The van der Waals surface area contributed by atoms with Gasteiger partial charge in [0, 0.05) is 38.4 Å². The minimum absolute atomic E-state index is 0.0352. The van der Waals surface area contributed by atoms with E-state index in [1.54, 1.807) is 32.3 Å². The fourth-order valence-corrected chi connectivity index (χ4v) is 1.42. The Morgan fingerprint density at radius 3 is 2.56 bits per heavy atom. The lowest BCUT2D eigenvalue weighted by Gasteiger charge is -2.12. The third kappa shape index (κ3) is 3.65. The van der Waals surface area contributed by atoms with Crippen LogP contribution in [-0.4, -0.2) is 37.4 Å². The molecule has 0 heterocycles. The van der Waals surface area contributed by atoms with E-state index in [9.17, 15) is 9.59 Å². The molecule has 6 heteroatoms.